The maximum atomic E-state index is 12.2. The van der Waals surface area contributed by atoms with Crippen LogP contribution in [0.25, 0.3) is 0 Å². The lowest BCUT2D eigenvalue weighted by molar-refractivity contribution is -0.129. The van der Waals surface area contributed by atoms with Crippen LogP contribution in [-0.4, -0.2) is 54.2 Å². The maximum absolute atomic E-state index is 12.2. The second-order valence-corrected chi connectivity index (χ2v) is 6.98. The summed E-state index contributed by atoms with van der Waals surface area (Å²) in [5.41, 5.74) is 5.30. The molecular formula is C15H27N3O2. The van der Waals surface area contributed by atoms with E-state index in [-0.39, 0.29) is 18.1 Å². The number of morpholine rings is 1. The SMILES string of the molecule is C[C@@H]1CN(CC(NC2CC2)(C(N)=O)C2CC2)C[C@H](C)O1. The van der Waals surface area contributed by atoms with Gasteiger partial charge >= 0.3 is 0 Å². The van der Waals surface area contributed by atoms with Crippen LogP contribution in [0, 0.1) is 5.92 Å². The molecule has 3 rings (SSSR count). The van der Waals surface area contributed by atoms with Gasteiger partial charge in [-0.25, -0.2) is 0 Å². The lowest BCUT2D eigenvalue weighted by atomic mass is 9.90. The molecule has 2 aliphatic carbocycles. The smallest absolute Gasteiger partial charge is 0.239 e. The molecule has 1 heterocycles. The van der Waals surface area contributed by atoms with E-state index in [0.717, 1.165) is 32.5 Å². The first-order chi connectivity index (χ1) is 9.49. The number of nitrogens with zero attached hydrogens (tertiary/aromatic N) is 1. The Morgan fingerprint density at radius 1 is 1.25 bits per heavy atom. The van der Waals surface area contributed by atoms with Crippen LogP contribution < -0.4 is 11.1 Å². The Morgan fingerprint density at radius 2 is 1.85 bits per heavy atom. The summed E-state index contributed by atoms with van der Waals surface area (Å²) in [6.45, 7) is 6.71. The second-order valence-electron chi connectivity index (χ2n) is 6.98. The Morgan fingerprint density at radius 3 is 2.30 bits per heavy atom. The highest BCUT2D eigenvalue weighted by atomic mass is 16.5. The second kappa shape index (κ2) is 5.28. The van der Waals surface area contributed by atoms with Crippen molar-refractivity contribution in [2.24, 2.45) is 11.7 Å². The standard InChI is InChI=1S/C15H27N3O2/c1-10-7-18(8-11(2)20-10)9-15(14(16)19,12-3-4-12)17-13-5-6-13/h10-13,17H,3-9H2,1-2H3,(H2,16,19)/t10-,11+,15?. The van der Waals surface area contributed by atoms with E-state index in [4.69, 9.17) is 10.5 Å². The molecule has 3 atom stereocenters. The van der Waals surface area contributed by atoms with Crippen LogP contribution in [0.15, 0.2) is 0 Å². The van der Waals surface area contributed by atoms with E-state index in [1.807, 2.05) is 0 Å². The number of hydrogen-bond acceptors (Lipinski definition) is 4. The van der Waals surface area contributed by atoms with Crippen molar-refractivity contribution in [3.63, 3.8) is 0 Å². The highest BCUT2D eigenvalue weighted by Gasteiger charge is 2.53. The zero-order chi connectivity index (χ0) is 14.3. The molecule has 5 heteroatoms. The maximum Gasteiger partial charge on any atom is 0.239 e. The summed E-state index contributed by atoms with van der Waals surface area (Å²) >= 11 is 0. The molecule has 0 spiro atoms. The number of hydrogen-bond donors (Lipinski definition) is 2. The lowest BCUT2D eigenvalue weighted by Gasteiger charge is -2.42. The molecule has 0 aromatic carbocycles. The van der Waals surface area contributed by atoms with Gasteiger partial charge in [0.2, 0.25) is 5.91 Å². The molecule has 0 bridgehead atoms. The van der Waals surface area contributed by atoms with Crippen molar-refractivity contribution in [1.82, 2.24) is 10.2 Å². The first kappa shape index (κ1) is 14.3. The largest absolute Gasteiger partial charge is 0.373 e. The molecule has 3 N–H and O–H groups in total. The van der Waals surface area contributed by atoms with E-state index in [9.17, 15) is 4.79 Å². The summed E-state index contributed by atoms with van der Waals surface area (Å²) in [7, 11) is 0. The molecule has 1 unspecified atom stereocenters. The van der Waals surface area contributed by atoms with Crippen LogP contribution in [0.2, 0.25) is 0 Å². The van der Waals surface area contributed by atoms with E-state index < -0.39 is 5.54 Å². The van der Waals surface area contributed by atoms with Gasteiger partial charge in [0, 0.05) is 25.7 Å². The topological polar surface area (TPSA) is 67.6 Å². The molecule has 3 aliphatic rings. The summed E-state index contributed by atoms with van der Waals surface area (Å²) in [6.07, 6.45) is 5.06. The fraction of sp³-hybridized carbons (Fsp3) is 0.933. The Balaban J connectivity index is 1.73. The van der Waals surface area contributed by atoms with Crippen molar-refractivity contribution in [2.45, 2.75) is 63.3 Å². The van der Waals surface area contributed by atoms with Crippen molar-refractivity contribution in [3.05, 3.63) is 0 Å². The zero-order valence-electron chi connectivity index (χ0n) is 12.6. The minimum Gasteiger partial charge on any atom is -0.373 e. The summed E-state index contributed by atoms with van der Waals surface area (Å²) in [6, 6.07) is 0.499. The van der Waals surface area contributed by atoms with Crippen molar-refractivity contribution < 1.29 is 9.53 Å². The number of ether oxygens (including phenoxy) is 1. The molecule has 1 saturated heterocycles. The third-order valence-electron chi connectivity index (χ3n) is 4.72. The van der Waals surface area contributed by atoms with Gasteiger partial charge < -0.3 is 10.5 Å². The number of nitrogens with two attached hydrogens (primary N) is 1. The number of nitrogens with one attached hydrogen (secondary N) is 1. The molecule has 1 aliphatic heterocycles. The van der Waals surface area contributed by atoms with Gasteiger partial charge in [0.15, 0.2) is 0 Å². The molecule has 0 radical (unpaired) electrons. The van der Waals surface area contributed by atoms with Crippen LogP contribution >= 0.6 is 0 Å². The molecule has 0 aromatic rings. The zero-order valence-corrected chi connectivity index (χ0v) is 12.6. The van der Waals surface area contributed by atoms with Gasteiger partial charge in [0.05, 0.1) is 12.2 Å². The van der Waals surface area contributed by atoms with Crippen molar-refractivity contribution >= 4 is 5.91 Å². The Kier molecular flexibility index (Phi) is 3.77. The minimum atomic E-state index is -0.516. The number of primary amides is 1. The van der Waals surface area contributed by atoms with E-state index in [2.05, 4.69) is 24.1 Å². The van der Waals surface area contributed by atoms with Gasteiger partial charge in [-0.2, -0.15) is 0 Å². The molecule has 3 fully saturated rings. The predicted molar refractivity (Wildman–Crippen MR) is 77.3 cm³/mol. The third kappa shape index (κ3) is 3.00. The Labute approximate surface area is 121 Å². The van der Waals surface area contributed by atoms with Crippen LogP contribution in [-0.2, 0) is 9.53 Å². The average molecular weight is 281 g/mol. The third-order valence-corrected chi connectivity index (χ3v) is 4.72. The van der Waals surface area contributed by atoms with E-state index >= 15 is 0 Å². The van der Waals surface area contributed by atoms with Gasteiger partial charge in [-0.15, -0.1) is 0 Å². The van der Waals surface area contributed by atoms with E-state index in [1.54, 1.807) is 0 Å². The normalized spacial score (nSPS) is 34.7. The van der Waals surface area contributed by atoms with Gasteiger partial charge in [-0.3, -0.25) is 15.0 Å². The number of amides is 1. The van der Waals surface area contributed by atoms with Gasteiger partial charge in [-0.05, 0) is 45.4 Å². The molecular weight excluding hydrogens is 254 g/mol. The van der Waals surface area contributed by atoms with Crippen molar-refractivity contribution in [1.29, 1.82) is 0 Å². The quantitative estimate of drug-likeness (QED) is 0.743. The fourth-order valence-electron chi connectivity index (χ4n) is 3.58. The first-order valence-corrected chi connectivity index (χ1v) is 7.95. The summed E-state index contributed by atoms with van der Waals surface area (Å²) < 4.78 is 5.78. The van der Waals surface area contributed by atoms with E-state index in [1.165, 1.54) is 12.8 Å². The molecule has 0 aromatic heterocycles. The van der Waals surface area contributed by atoms with Crippen LogP contribution in [0.5, 0.6) is 0 Å². The number of carbonyl (C=O) groups is 1. The van der Waals surface area contributed by atoms with E-state index in [0.29, 0.717) is 12.0 Å². The molecule has 5 nitrogen and oxygen atoms in total. The first-order valence-electron chi connectivity index (χ1n) is 7.95. The summed E-state index contributed by atoms with van der Waals surface area (Å²) in [4.78, 5) is 14.6. The average Bonchev–Trinajstić information content (AvgIpc) is 3.21. The highest BCUT2D eigenvalue weighted by Crippen LogP contribution is 2.42. The number of rotatable bonds is 6. The lowest BCUT2D eigenvalue weighted by Crippen LogP contribution is -2.65. The molecule has 114 valence electrons. The summed E-state index contributed by atoms with van der Waals surface area (Å²) in [5, 5.41) is 3.59. The fourth-order valence-corrected chi connectivity index (χ4v) is 3.58. The summed E-state index contributed by atoms with van der Waals surface area (Å²) in [5.74, 6) is 0.257. The highest BCUT2D eigenvalue weighted by molar-refractivity contribution is 5.86. The van der Waals surface area contributed by atoms with Gasteiger partial charge in [-0.1, -0.05) is 0 Å². The molecule has 20 heavy (non-hydrogen) atoms. The van der Waals surface area contributed by atoms with Gasteiger partial charge in [0.1, 0.15) is 5.54 Å². The predicted octanol–water partition coefficient (Wildman–Crippen LogP) is 0.482. The monoisotopic (exact) mass is 281 g/mol. The minimum absolute atomic E-state index is 0.168. The Hall–Kier alpha value is -0.650. The Bertz CT molecular complexity index is 371. The van der Waals surface area contributed by atoms with Gasteiger partial charge in [0.25, 0.3) is 0 Å². The molecule has 1 amide bonds. The van der Waals surface area contributed by atoms with Crippen molar-refractivity contribution in [2.75, 3.05) is 19.6 Å². The number of carbonyl (C=O) groups excluding carboxylic acids is 1. The van der Waals surface area contributed by atoms with Crippen LogP contribution in [0.1, 0.15) is 39.5 Å². The molecule has 2 saturated carbocycles. The van der Waals surface area contributed by atoms with Crippen LogP contribution in [0.3, 0.4) is 0 Å². The van der Waals surface area contributed by atoms with Crippen molar-refractivity contribution in [3.8, 4) is 0 Å². The van der Waals surface area contributed by atoms with Crippen LogP contribution in [0.4, 0.5) is 0 Å².